The molecule has 4 rings (SSSR count). The van der Waals surface area contributed by atoms with Gasteiger partial charge in [-0.05, 0) is 42.7 Å². The highest BCUT2D eigenvalue weighted by Crippen LogP contribution is 2.30. The van der Waals surface area contributed by atoms with E-state index in [1.54, 1.807) is 42.9 Å². The number of halogens is 3. The fraction of sp³-hybridized carbons (Fsp3) is 0.261. The van der Waals surface area contributed by atoms with Crippen LogP contribution >= 0.6 is 11.6 Å². The molecule has 2 amide bonds. The molecular weight excluding hydrogens is 436 g/mol. The zero-order chi connectivity index (χ0) is 22.5. The Labute approximate surface area is 189 Å². The van der Waals surface area contributed by atoms with Crippen LogP contribution in [0.1, 0.15) is 30.0 Å². The average molecular weight is 458 g/mol. The molecule has 2 aromatic carbocycles. The number of rotatable bonds is 5. The Morgan fingerprint density at radius 1 is 1.16 bits per heavy atom. The van der Waals surface area contributed by atoms with Gasteiger partial charge in [0, 0.05) is 42.1 Å². The molecule has 0 aliphatic carbocycles. The van der Waals surface area contributed by atoms with Crippen molar-refractivity contribution in [2.75, 3.05) is 18.0 Å². The molecule has 0 spiro atoms. The summed E-state index contributed by atoms with van der Waals surface area (Å²) in [5, 5.41) is 6.06. The van der Waals surface area contributed by atoms with Gasteiger partial charge < -0.3 is 15.5 Å². The van der Waals surface area contributed by atoms with Crippen LogP contribution in [0.15, 0.2) is 61.1 Å². The van der Waals surface area contributed by atoms with Crippen molar-refractivity contribution in [1.82, 2.24) is 20.6 Å². The van der Waals surface area contributed by atoms with Gasteiger partial charge in [-0.2, -0.15) is 0 Å². The van der Waals surface area contributed by atoms with Crippen LogP contribution in [0.4, 0.5) is 19.4 Å². The Bertz CT molecular complexity index is 1080. The molecule has 1 aliphatic heterocycles. The number of aromatic nitrogens is 2. The Balaban J connectivity index is 1.52. The molecule has 2 unspecified atom stereocenters. The third-order valence-electron chi connectivity index (χ3n) is 5.39. The van der Waals surface area contributed by atoms with E-state index < -0.39 is 23.7 Å². The van der Waals surface area contributed by atoms with Gasteiger partial charge in [0.05, 0.1) is 12.2 Å². The van der Waals surface area contributed by atoms with Gasteiger partial charge in [-0.25, -0.2) is 18.6 Å². The van der Waals surface area contributed by atoms with Gasteiger partial charge in [0.15, 0.2) is 0 Å². The zero-order valence-corrected chi connectivity index (χ0v) is 17.9. The number of nitrogens with one attached hydrogen (secondary N) is 2. The zero-order valence-electron chi connectivity index (χ0n) is 17.1. The summed E-state index contributed by atoms with van der Waals surface area (Å²) in [5.74, 6) is -0.495. The topological polar surface area (TPSA) is 70.2 Å². The van der Waals surface area contributed by atoms with E-state index in [2.05, 4.69) is 25.5 Å². The lowest BCUT2D eigenvalue weighted by molar-refractivity contribution is 0.232. The first-order valence-electron chi connectivity index (χ1n) is 10.3. The van der Waals surface area contributed by atoms with Crippen molar-refractivity contribution in [2.45, 2.75) is 24.9 Å². The molecule has 1 aliphatic rings. The van der Waals surface area contributed by atoms with Gasteiger partial charge >= 0.3 is 6.03 Å². The first kappa shape index (κ1) is 22.0. The minimum Gasteiger partial charge on any atom is -0.353 e. The molecule has 0 saturated carbocycles. The second-order valence-electron chi connectivity index (χ2n) is 7.59. The summed E-state index contributed by atoms with van der Waals surface area (Å²) < 4.78 is 28.5. The van der Waals surface area contributed by atoms with Crippen LogP contribution in [0.5, 0.6) is 0 Å². The Morgan fingerprint density at radius 3 is 2.78 bits per heavy atom. The number of amides is 2. The van der Waals surface area contributed by atoms with Crippen LogP contribution in [-0.4, -0.2) is 35.1 Å². The maximum atomic E-state index is 14.6. The molecule has 2 N–H and O–H groups in total. The van der Waals surface area contributed by atoms with E-state index in [-0.39, 0.29) is 11.6 Å². The molecule has 9 heteroatoms. The molecule has 1 fully saturated rings. The number of carbonyl (C=O) groups excluding carboxylic acids is 1. The van der Waals surface area contributed by atoms with E-state index >= 15 is 0 Å². The van der Waals surface area contributed by atoms with Crippen molar-refractivity contribution in [1.29, 1.82) is 0 Å². The number of nitrogens with zero attached hydrogens (tertiary/aromatic N) is 3. The van der Waals surface area contributed by atoms with Gasteiger partial charge in [-0.15, -0.1) is 0 Å². The maximum absolute atomic E-state index is 14.6. The second-order valence-corrected chi connectivity index (χ2v) is 7.99. The summed E-state index contributed by atoms with van der Waals surface area (Å²) in [6, 6.07) is 8.31. The lowest BCUT2D eigenvalue weighted by atomic mass is 9.98. The van der Waals surface area contributed by atoms with Crippen LogP contribution < -0.4 is 15.5 Å². The predicted molar refractivity (Wildman–Crippen MR) is 119 cm³/mol. The normalized spacial score (nSPS) is 17.0. The highest BCUT2D eigenvalue weighted by molar-refractivity contribution is 6.31. The summed E-state index contributed by atoms with van der Waals surface area (Å²) >= 11 is 6.32. The maximum Gasteiger partial charge on any atom is 0.315 e. The quantitative estimate of drug-likeness (QED) is 0.593. The van der Waals surface area contributed by atoms with Crippen molar-refractivity contribution in [2.24, 2.45) is 0 Å². The van der Waals surface area contributed by atoms with Crippen LogP contribution in [-0.2, 0) is 0 Å². The highest BCUT2D eigenvalue weighted by atomic mass is 35.5. The van der Waals surface area contributed by atoms with E-state index in [1.165, 1.54) is 0 Å². The SMILES string of the molecule is O=C(NC1CCCN(c2cnccn2)C1)NC(c1cc(F)ccc1F)c1ccccc1Cl. The highest BCUT2D eigenvalue weighted by Gasteiger charge is 2.26. The monoisotopic (exact) mass is 457 g/mol. The number of carbonyl (C=O) groups is 1. The predicted octanol–water partition coefficient (Wildman–Crippen LogP) is 4.47. The molecule has 2 heterocycles. The number of benzene rings is 2. The average Bonchev–Trinajstić information content (AvgIpc) is 2.80. The van der Waals surface area contributed by atoms with Gasteiger partial charge in [-0.3, -0.25) is 4.98 Å². The van der Waals surface area contributed by atoms with Crippen molar-refractivity contribution in [3.8, 4) is 0 Å². The number of hydrogen-bond acceptors (Lipinski definition) is 4. The molecule has 0 bridgehead atoms. The fourth-order valence-electron chi connectivity index (χ4n) is 3.88. The van der Waals surface area contributed by atoms with E-state index in [9.17, 15) is 13.6 Å². The lowest BCUT2D eigenvalue weighted by Gasteiger charge is -2.34. The van der Waals surface area contributed by atoms with E-state index in [0.29, 0.717) is 17.1 Å². The van der Waals surface area contributed by atoms with Crippen molar-refractivity contribution in [3.63, 3.8) is 0 Å². The van der Waals surface area contributed by atoms with Crippen LogP contribution in [0.2, 0.25) is 5.02 Å². The van der Waals surface area contributed by atoms with Crippen molar-refractivity contribution < 1.29 is 13.6 Å². The van der Waals surface area contributed by atoms with Gasteiger partial charge in [0.2, 0.25) is 0 Å². The minimum atomic E-state index is -0.959. The van der Waals surface area contributed by atoms with Gasteiger partial charge in [0.1, 0.15) is 17.5 Å². The summed E-state index contributed by atoms with van der Waals surface area (Å²) in [5.41, 5.74) is 0.469. The molecule has 1 saturated heterocycles. The summed E-state index contributed by atoms with van der Waals surface area (Å²) in [4.78, 5) is 23.4. The molecule has 6 nitrogen and oxygen atoms in total. The Hall–Kier alpha value is -3.26. The van der Waals surface area contributed by atoms with Crippen molar-refractivity contribution in [3.05, 3.63) is 88.8 Å². The Kier molecular flexibility index (Phi) is 6.80. The van der Waals surface area contributed by atoms with E-state index in [1.807, 2.05) is 0 Å². The van der Waals surface area contributed by atoms with Crippen LogP contribution in [0.3, 0.4) is 0 Å². The number of hydrogen-bond donors (Lipinski definition) is 2. The van der Waals surface area contributed by atoms with E-state index in [0.717, 1.165) is 43.4 Å². The molecule has 1 aromatic heterocycles. The Morgan fingerprint density at radius 2 is 2.00 bits per heavy atom. The number of anilines is 1. The summed E-state index contributed by atoms with van der Waals surface area (Å²) in [7, 11) is 0. The largest absolute Gasteiger partial charge is 0.353 e. The molecule has 2 atom stereocenters. The molecule has 166 valence electrons. The molecule has 3 aromatic rings. The third-order valence-corrected chi connectivity index (χ3v) is 5.74. The molecule has 0 radical (unpaired) electrons. The number of urea groups is 1. The van der Waals surface area contributed by atoms with Crippen LogP contribution in [0.25, 0.3) is 0 Å². The summed E-state index contributed by atoms with van der Waals surface area (Å²) in [6.45, 7) is 1.38. The molecular formula is C23H22ClF2N5O. The smallest absolute Gasteiger partial charge is 0.315 e. The van der Waals surface area contributed by atoms with Gasteiger partial charge in [-0.1, -0.05) is 29.8 Å². The van der Waals surface area contributed by atoms with Gasteiger partial charge in [0.25, 0.3) is 0 Å². The standard InChI is InChI=1S/C23H22ClF2N5O/c24-19-6-2-1-5-17(19)22(18-12-15(25)7-8-20(18)26)30-23(32)29-16-4-3-11-31(14-16)21-13-27-9-10-28-21/h1-2,5-10,12-13,16,22H,3-4,11,14H2,(H2,29,30,32). The first-order chi connectivity index (χ1) is 15.5. The minimum absolute atomic E-state index is 0.00178. The van der Waals surface area contributed by atoms with E-state index in [4.69, 9.17) is 11.6 Å². The second kappa shape index (κ2) is 9.91. The summed E-state index contributed by atoms with van der Waals surface area (Å²) in [6.07, 6.45) is 6.57. The third kappa shape index (κ3) is 5.13. The van der Waals surface area contributed by atoms with Crippen molar-refractivity contribution >= 4 is 23.4 Å². The lowest BCUT2D eigenvalue weighted by Crippen LogP contribution is -2.51. The van der Waals surface area contributed by atoms with Crippen LogP contribution in [0, 0.1) is 11.6 Å². The number of piperidine rings is 1. The molecule has 32 heavy (non-hydrogen) atoms. The fourth-order valence-corrected chi connectivity index (χ4v) is 4.13. The first-order valence-corrected chi connectivity index (χ1v) is 10.7.